The van der Waals surface area contributed by atoms with Crippen LogP contribution in [-0.4, -0.2) is 25.3 Å². The molecule has 0 aliphatic carbocycles. The van der Waals surface area contributed by atoms with Crippen molar-refractivity contribution in [2.75, 3.05) is 18.5 Å². The molecule has 0 bridgehead atoms. The summed E-state index contributed by atoms with van der Waals surface area (Å²) in [4.78, 5) is 11.8. The fourth-order valence-electron chi connectivity index (χ4n) is 1.84. The van der Waals surface area contributed by atoms with E-state index < -0.39 is 0 Å². The molecule has 2 N–H and O–H groups in total. The molecule has 0 atom stereocenters. The van der Waals surface area contributed by atoms with Crippen LogP contribution in [0.3, 0.4) is 0 Å². The van der Waals surface area contributed by atoms with Crippen LogP contribution < -0.4 is 15.5 Å². The summed E-state index contributed by atoms with van der Waals surface area (Å²) in [7, 11) is 0. The lowest BCUT2D eigenvalue weighted by Gasteiger charge is -2.06. The molecule has 0 radical (unpaired) electrons. The Morgan fingerprint density at radius 1 is 1.22 bits per heavy atom. The number of anilines is 1. The third-order valence-corrected chi connectivity index (χ3v) is 3.44. The van der Waals surface area contributed by atoms with Gasteiger partial charge in [0.25, 0.3) is 5.91 Å². The van der Waals surface area contributed by atoms with Crippen molar-refractivity contribution >= 4 is 33.7 Å². The highest BCUT2D eigenvalue weighted by atomic mass is 79.9. The monoisotopic (exact) mass is 375 g/mol. The first-order valence-corrected chi connectivity index (χ1v) is 8.01. The van der Waals surface area contributed by atoms with Crippen LogP contribution in [-0.2, 0) is 4.79 Å². The lowest BCUT2D eigenvalue weighted by molar-refractivity contribution is -0.119. The summed E-state index contributed by atoms with van der Waals surface area (Å²) in [5, 5.41) is 6.98. The summed E-state index contributed by atoms with van der Waals surface area (Å²) in [6.07, 6.45) is 1.57. The van der Waals surface area contributed by atoms with E-state index in [1.807, 2.05) is 55.5 Å². The quantitative estimate of drug-likeness (QED) is 0.575. The van der Waals surface area contributed by atoms with Crippen molar-refractivity contribution in [2.24, 2.45) is 5.10 Å². The zero-order valence-corrected chi connectivity index (χ0v) is 14.3. The molecular formula is C17H18BrN3O2. The number of hydrogen-bond acceptors (Lipinski definition) is 4. The number of nitrogens with zero attached hydrogens (tertiary/aromatic N) is 1. The highest BCUT2D eigenvalue weighted by Gasteiger charge is 2.01. The van der Waals surface area contributed by atoms with Gasteiger partial charge in [0.05, 0.1) is 19.4 Å². The normalized spacial score (nSPS) is 10.5. The Morgan fingerprint density at radius 2 is 1.96 bits per heavy atom. The van der Waals surface area contributed by atoms with Crippen molar-refractivity contribution in [3.05, 3.63) is 58.6 Å². The molecule has 2 aromatic carbocycles. The molecule has 0 heterocycles. The van der Waals surface area contributed by atoms with Crippen LogP contribution in [0.4, 0.5) is 5.69 Å². The minimum absolute atomic E-state index is 0.145. The van der Waals surface area contributed by atoms with Gasteiger partial charge < -0.3 is 10.1 Å². The highest BCUT2D eigenvalue weighted by molar-refractivity contribution is 9.10. The van der Waals surface area contributed by atoms with Gasteiger partial charge in [-0.25, -0.2) is 5.43 Å². The number of amides is 1. The summed E-state index contributed by atoms with van der Waals surface area (Å²) in [5.41, 5.74) is 4.17. The molecule has 5 nitrogen and oxygen atoms in total. The van der Waals surface area contributed by atoms with Gasteiger partial charge in [0.15, 0.2) is 0 Å². The molecule has 0 aromatic heterocycles. The number of nitrogens with one attached hydrogen (secondary N) is 2. The molecular weight excluding hydrogens is 358 g/mol. The number of carbonyl (C=O) groups excluding carboxylic acids is 1. The van der Waals surface area contributed by atoms with Crippen LogP contribution in [0.25, 0.3) is 0 Å². The summed E-state index contributed by atoms with van der Waals surface area (Å²) < 4.78 is 6.48. The maximum atomic E-state index is 11.8. The van der Waals surface area contributed by atoms with Crippen molar-refractivity contribution in [1.82, 2.24) is 5.43 Å². The molecule has 0 unspecified atom stereocenters. The molecule has 0 aliphatic rings. The van der Waals surface area contributed by atoms with Crippen molar-refractivity contribution in [2.45, 2.75) is 6.92 Å². The van der Waals surface area contributed by atoms with Gasteiger partial charge in [0, 0.05) is 15.7 Å². The lowest BCUT2D eigenvalue weighted by Crippen LogP contribution is -2.25. The predicted molar refractivity (Wildman–Crippen MR) is 96.0 cm³/mol. The Kier molecular flexibility index (Phi) is 6.62. The topological polar surface area (TPSA) is 62.7 Å². The van der Waals surface area contributed by atoms with Gasteiger partial charge in [-0.05, 0) is 43.3 Å². The second-order valence-electron chi connectivity index (χ2n) is 4.62. The smallest absolute Gasteiger partial charge is 0.259 e. The zero-order valence-electron chi connectivity index (χ0n) is 12.8. The molecule has 0 saturated heterocycles. The van der Waals surface area contributed by atoms with Crippen LogP contribution in [0.15, 0.2) is 58.1 Å². The average molecular weight is 376 g/mol. The molecule has 120 valence electrons. The van der Waals surface area contributed by atoms with Gasteiger partial charge in [-0.2, -0.15) is 5.10 Å². The Balaban J connectivity index is 1.83. The van der Waals surface area contributed by atoms with E-state index >= 15 is 0 Å². The second kappa shape index (κ2) is 8.95. The second-order valence-corrected chi connectivity index (χ2v) is 5.54. The standard InChI is InChI=1S/C17H18BrN3O2/c1-2-23-16-6-4-3-5-13(16)11-20-21-17(22)12-19-15-9-7-14(18)8-10-15/h3-11,19H,2,12H2,1H3,(H,21,22)/b20-11-. The van der Waals surface area contributed by atoms with E-state index in [1.54, 1.807) is 6.21 Å². The zero-order chi connectivity index (χ0) is 16.5. The van der Waals surface area contributed by atoms with Gasteiger partial charge in [-0.15, -0.1) is 0 Å². The van der Waals surface area contributed by atoms with Crippen LogP contribution >= 0.6 is 15.9 Å². The number of benzene rings is 2. The summed E-state index contributed by atoms with van der Waals surface area (Å²) >= 11 is 3.36. The molecule has 1 amide bonds. The Labute approximate surface area is 143 Å². The summed E-state index contributed by atoms with van der Waals surface area (Å²) in [6, 6.07) is 15.1. The van der Waals surface area contributed by atoms with Crippen molar-refractivity contribution in [3.8, 4) is 5.75 Å². The molecule has 6 heteroatoms. The predicted octanol–water partition coefficient (Wildman–Crippen LogP) is 3.41. The number of para-hydroxylation sites is 1. The van der Waals surface area contributed by atoms with Gasteiger partial charge in [0.1, 0.15) is 5.75 Å². The van der Waals surface area contributed by atoms with Crippen LogP contribution in [0.1, 0.15) is 12.5 Å². The summed E-state index contributed by atoms with van der Waals surface area (Å²) in [6.45, 7) is 2.64. The van der Waals surface area contributed by atoms with Crippen LogP contribution in [0.5, 0.6) is 5.75 Å². The van der Waals surface area contributed by atoms with E-state index in [0.29, 0.717) is 6.61 Å². The first-order valence-electron chi connectivity index (χ1n) is 7.22. The number of rotatable bonds is 7. The molecule has 0 fully saturated rings. The van der Waals surface area contributed by atoms with E-state index in [9.17, 15) is 4.79 Å². The summed E-state index contributed by atoms with van der Waals surface area (Å²) in [5.74, 6) is 0.513. The Bertz CT molecular complexity index is 672. The molecule has 2 aromatic rings. The van der Waals surface area contributed by atoms with Crippen LogP contribution in [0.2, 0.25) is 0 Å². The first kappa shape index (κ1) is 17.0. The number of hydrogen-bond donors (Lipinski definition) is 2. The Morgan fingerprint density at radius 3 is 2.70 bits per heavy atom. The lowest BCUT2D eigenvalue weighted by atomic mass is 10.2. The minimum Gasteiger partial charge on any atom is -0.493 e. The van der Waals surface area contributed by atoms with E-state index in [2.05, 4.69) is 31.8 Å². The molecule has 0 saturated carbocycles. The molecule has 2 rings (SSSR count). The average Bonchev–Trinajstić information content (AvgIpc) is 2.56. The van der Waals surface area contributed by atoms with E-state index in [0.717, 1.165) is 21.5 Å². The number of halogens is 1. The van der Waals surface area contributed by atoms with Crippen molar-refractivity contribution in [3.63, 3.8) is 0 Å². The van der Waals surface area contributed by atoms with E-state index in [4.69, 9.17) is 4.74 Å². The van der Waals surface area contributed by atoms with E-state index in [1.165, 1.54) is 0 Å². The van der Waals surface area contributed by atoms with Gasteiger partial charge >= 0.3 is 0 Å². The highest BCUT2D eigenvalue weighted by Crippen LogP contribution is 2.15. The molecule has 0 spiro atoms. The van der Waals surface area contributed by atoms with Crippen molar-refractivity contribution < 1.29 is 9.53 Å². The van der Waals surface area contributed by atoms with Crippen molar-refractivity contribution in [1.29, 1.82) is 0 Å². The van der Waals surface area contributed by atoms with Crippen LogP contribution in [0, 0.1) is 0 Å². The fraction of sp³-hybridized carbons (Fsp3) is 0.176. The first-order chi connectivity index (χ1) is 11.2. The van der Waals surface area contributed by atoms with Gasteiger partial charge in [0.2, 0.25) is 0 Å². The largest absolute Gasteiger partial charge is 0.493 e. The molecule has 0 aliphatic heterocycles. The number of carbonyl (C=O) groups is 1. The minimum atomic E-state index is -0.224. The van der Waals surface area contributed by atoms with E-state index in [-0.39, 0.29) is 12.5 Å². The SMILES string of the molecule is CCOc1ccccc1/C=N\NC(=O)CNc1ccc(Br)cc1. The number of hydrazone groups is 1. The van der Waals surface area contributed by atoms with Gasteiger partial charge in [-0.3, -0.25) is 4.79 Å². The van der Waals surface area contributed by atoms with Gasteiger partial charge in [-0.1, -0.05) is 28.1 Å². The fourth-order valence-corrected chi connectivity index (χ4v) is 2.10. The number of ether oxygens (including phenoxy) is 1. The Hall–Kier alpha value is -2.34. The molecule has 23 heavy (non-hydrogen) atoms. The maximum absolute atomic E-state index is 11.8. The third-order valence-electron chi connectivity index (χ3n) is 2.91. The maximum Gasteiger partial charge on any atom is 0.259 e. The third kappa shape index (κ3) is 5.75.